The molecule has 0 bridgehead atoms. The second-order valence-corrected chi connectivity index (χ2v) is 20.8. The van der Waals surface area contributed by atoms with E-state index in [-0.39, 0.29) is 5.56 Å². The maximum atomic E-state index is 14.1. The van der Waals surface area contributed by atoms with Crippen LogP contribution in [0.15, 0.2) is 72.8 Å². The molecular weight excluding hydrogens is 1360 g/mol. The quantitative estimate of drug-likeness (QED) is 0.0808. The van der Waals surface area contributed by atoms with Gasteiger partial charge in [-0.1, -0.05) is 89.5 Å². The molecule has 9 aromatic rings. The molecule has 0 aromatic heterocycles. The summed E-state index contributed by atoms with van der Waals surface area (Å²) in [5.41, 5.74) is -2.98. The van der Waals surface area contributed by atoms with Crippen LogP contribution >= 0.6 is 0 Å². The van der Waals surface area contributed by atoms with Crippen LogP contribution in [0.5, 0.6) is 0 Å². The molecule has 0 aliphatic carbocycles. The molecule has 9 aromatic carbocycles. The highest BCUT2D eigenvalue weighted by molar-refractivity contribution is 5.86. The second kappa shape index (κ2) is 33.2. The number of alkyl halides is 4. The van der Waals surface area contributed by atoms with Crippen LogP contribution in [0.3, 0.4) is 0 Å². The normalized spacial score (nSPS) is 12.2. The van der Waals surface area contributed by atoms with Crippen LogP contribution in [-0.2, 0) is 12.8 Å². The molecular formula is C67H47F29. The number of hydrogen-bond acceptors (Lipinski definition) is 0. The molecule has 0 fully saturated rings. The molecule has 0 nitrogen and oxygen atoms in total. The van der Waals surface area contributed by atoms with Crippen LogP contribution in [0.25, 0.3) is 10.8 Å². The number of halogens is 29. The summed E-state index contributed by atoms with van der Waals surface area (Å²) in [4.78, 5) is 0. The van der Waals surface area contributed by atoms with Gasteiger partial charge in [0.2, 0.25) is 11.6 Å². The monoisotopic (exact) mass is 1400 g/mol. The third-order valence-corrected chi connectivity index (χ3v) is 14.0. The minimum atomic E-state index is -3.13. The van der Waals surface area contributed by atoms with Gasteiger partial charge in [0.25, 0.3) is 0 Å². The summed E-state index contributed by atoms with van der Waals surface area (Å²) in [6, 6.07) is 20.9. The molecule has 0 spiro atoms. The highest BCUT2D eigenvalue weighted by atomic mass is 19.2. The second-order valence-electron chi connectivity index (χ2n) is 20.8. The largest absolute Gasteiger partial charge is 0.243 e. The van der Waals surface area contributed by atoms with Crippen LogP contribution in [0.4, 0.5) is 127 Å². The zero-order valence-electron chi connectivity index (χ0n) is 50.6. The standard InChI is InChI=1S/C15H6F10.C15H10F6.C11H3F7.2C9H11F.C8H6F4/c1-3-7(17)11(21)6(12(22)8(3)18)5(16)2-4-9(19)13(23)15(25)14(24)10(4)20;1-7-2-4-8(5-3-7)10(16)6-9-11(17)13(19)15(21)14(20)12(9)18;1-2-5(12)3-4(7(14)6(2)13)9(16)11(18)10(17)8(3)15;2*1-7-3-5-9(6-4-7)8(2)10;1-3-5(9)4(2)7(11)8(12)6(3)10/h5H,2H2,1H3;2-5,10H,6H2,1H3;1H3;2*3-6,8H,1-2H3;1-2H3. The van der Waals surface area contributed by atoms with Crippen LogP contribution in [0, 0.1) is 194 Å². The van der Waals surface area contributed by atoms with E-state index in [1.165, 1.54) is 23.3 Å². The first kappa shape index (κ1) is 79.6. The molecule has 4 unspecified atom stereocenters. The van der Waals surface area contributed by atoms with Crippen LogP contribution in [0.2, 0.25) is 0 Å². The van der Waals surface area contributed by atoms with Gasteiger partial charge in [-0.3, -0.25) is 0 Å². The third-order valence-electron chi connectivity index (χ3n) is 14.0. The SMILES string of the molecule is Cc1c(F)c(C)c(F)c(F)c1F.Cc1c(F)c(F)c(C(F)Cc2c(F)c(F)c(F)c(F)c2F)c(F)c1F.Cc1c(F)c(F)c2c(F)c(F)c(F)c(F)c2c1F.Cc1ccc(C(C)F)cc1.Cc1ccc(C(C)F)cc1.Cc1ccc(C(F)Cc2c(F)c(F)c(F)c(F)c2F)cc1. The average molecular weight is 1400 g/mol. The van der Waals surface area contributed by atoms with Crippen molar-refractivity contribution < 1.29 is 127 Å². The van der Waals surface area contributed by atoms with Crippen molar-refractivity contribution in [1.29, 1.82) is 0 Å². The lowest BCUT2D eigenvalue weighted by molar-refractivity contribution is 0.292. The van der Waals surface area contributed by atoms with E-state index in [0.717, 1.165) is 37.5 Å². The molecule has 0 amide bonds. The Morgan fingerprint density at radius 1 is 0.219 bits per heavy atom. The van der Waals surface area contributed by atoms with Crippen LogP contribution in [0.1, 0.15) is 111 Å². The first-order valence-corrected chi connectivity index (χ1v) is 27.1. The summed E-state index contributed by atoms with van der Waals surface area (Å²) < 4.78 is 382. The Balaban J connectivity index is 0.000000253. The van der Waals surface area contributed by atoms with Crippen molar-refractivity contribution in [2.45, 2.75) is 99.8 Å². The van der Waals surface area contributed by atoms with Gasteiger partial charge in [-0.2, -0.15) is 0 Å². The smallest absolute Gasteiger partial charge is 0.200 e. The highest BCUT2D eigenvalue weighted by Gasteiger charge is 2.34. The summed E-state index contributed by atoms with van der Waals surface area (Å²) in [6.45, 7) is 12.4. The molecule has 0 N–H and O–H groups in total. The zero-order chi connectivity index (χ0) is 73.3. The summed E-state index contributed by atoms with van der Waals surface area (Å²) in [5.74, 6) is -50.7. The Kier molecular flexibility index (Phi) is 27.6. The molecule has 0 aliphatic rings. The minimum Gasteiger partial charge on any atom is -0.243 e. The minimum absolute atomic E-state index is 0.101. The van der Waals surface area contributed by atoms with Gasteiger partial charge in [0, 0.05) is 46.2 Å². The molecule has 0 heterocycles. The van der Waals surface area contributed by atoms with Crippen molar-refractivity contribution in [1.82, 2.24) is 0 Å². The molecule has 0 aliphatic heterocycles. The van der Waals surface area contributed by atoms with Gasteiger partial charge in [-0.05, 0) is 79.0 Å². The van der Waals surface area contributed by atoms with Crippen LogP contribution in [-0.4, -0.2) is 0 Å². The molecule has 96 heavy (non-hydrogen) atoms. The summed E-state index contributed by atoms with van der Waals surface area (Å²) in [7, 11) is 0. The number of aryl methyl sites for hydroxylation is 3. The summed E-state index contributed by atoms with van der Waals surface area (Å²) in [5, 5.41) is -3.05. The van der Waals surface area contributed by atoms with Crippen LogP contribution < -0.4 is 0 Å². The molecule has 0 saturated heterocycles. The first-order valence-electron chi connectivity index (χ1n) is 27.1. The van der Waals surface area contributed by atoms with Crippen molar-refractivity contribution in [2.24, 2.45) is 0 Å². The van der Waals surface area contributed by atoms with Gasteiger partial charge in [-0.15, -0.1) is 0 Å². The van der Waals surface area contributed by atoms with Crippen molar-refractivity contribution in [2.75, 3.05) is 0 Å². The Bertz CT molecular complexity index is 3920. The van der Waals surface area contributed by atoms with Gasteiger partial charge in [0.1, 0.15) is 36.3 Å². The van der Waals surface area contributed by atoms with Crippen molar-refractivity contribution in [3.05, 3.63) is 291 Å². The summed E-state index contributed by atoms with van der Waals surface area (Å²) in [6.07, 6.45) is -9.38. The van der Waals surface area contributed by atoms with E-state index in [2.05, 4.69) is 0 Å². The number of fused-ring (bicyclic) bond motifs is 1. The number of rotatable bonds is 8. The van der Waals surface area contributed by atoms with E-state index in [0.29, 0.717) is 6.92 Å². The van der Waals surface area contributed by atoms with E-state index < -0.39 is 233 Å². The molecule has 0 saturated carbocycles. The molecule has 0 radical (unpaired) electrons. The van der Waals surface area contributed by atoms with Crippen molar-refractivity contribution in [3.8, 4) is 0 Å². The predicted molar refractivity (Wildman–Crippen MR) is 295 cm³/mol. The fourth-order valence-corrected chi connectivity index (χ4v) is 8.21. The summed E-state index contributed by atoms with van der Waals surface area (Å²) >= 11 is 0. The maximum Gasteiger partial charge on any atom is 0.200 e. The van der Waals surface area contributed by atoms with E-state index >= 15 is 0 Å². The number of benzene rings is 9. The average Bonchev–Trinajstić information content (AvgIpc) is 0.749. The van der Waals surface area contributed by atoms with E-state index in [9.17, 15) is 127 Å². The van der Waals surface area contributed by atoms with Gasteiger partial charge in [0.05, 0.1) is 16.3 Å². The predicted octanol–water partition coefficient (Wildman–Crippen LogP) is 23.5. The topological polar surface area (TPSA) is 0 Å². The van der Waals surface area contributed by atoms with E-state index in [1.54, 1.807) is 32.9 Å². The maximum absolute atomic E-state index is 14.1. The van der Waals surface area contributed by atoms with Crippen molar-refractivity contribution in [3.63, 3.8) is 0 Å². The van der Waals surface area contributed by atoms with Crippen molar-refractivity contribution >= 4 is 10.8 Å². The van der Waals surface area contributed by atoms with Gasteiger partial charge >= 0.3 is 0 Å². The van der Waals surface area contributed by atoms with Gasteiger partial charge in [0.15, 0.2) is 122 Å². The zero-order valence-corrected chi connectivity index (χ0v) is 50.6. The first-order chi connectivity index (χ1) is 44.5. The fraction of sp³-hybridized carbons (Fsp3) is 0.224. The Morgan fingerprint density at radius 3 is 0.740 bits per heavy atom. The Hall–Kier alpha value is -8.79. The third kappa shape index (κ3) is 17.6. The van der Waals surface area contributed by atoms with E-state index in [1.807, 2.05) is 62.4 Å². The van der Waals surface area contributed by atoms with E-state index in [4.69, 9.17) is 0 Å². The lowest BCUT2D eigenvalue weighted by Gasteiger charge is -2.15. The highest BCUT2D eigenvalue weighted by Crippen LogP contribution is 2.37. The lowest BCUT2D eigenvalue weighted by Crippen LogP contribution is -2.13. The lowest BCUT2D eigenvalue weighted by atomic mass is 9.98. The molecule has 29 heteroatoms. The van der Waals surface area contributed by atoms with Gasteiger partial charge < -0.3 is 0 Å². The Labute approximate surface area is 527 Å². The fourth-order valence-electron chi connectivity index (χ4n) is 8.21. The molecule has 518 valence electrons. The molecule has 9 rings (SSSR count). The Morgan fingerprint density at radius 2 is 0.427 bits per heavy atom. The number of hydrogen-bond donors (Lipinski definition) is 0. The molecule has 4 atom stereocenters. The van der Waals surface area contributed by atoms with Gasteiger partial charge in [-0.25, -0.2) is 127 Å².